The summed E-state index contributed by atoms with van der Waals surface area (Å²) in [6.07, 6.45) is 13.6. The van der Waals surface area contributed by atoms with Crippen LogP contribution in [0.4, 0.5) is 0 Å². The van der Waals surface area contributed by atoms with Gasteiger partial charge in [0.1, 0.15) is 0 Å². The van der Waals surface area contributed by atoms with Gasteiger partial charge in [-0.15, -0.1) is 0 Å². The van der Waals surface area contributed by atoms with Gasteiger partial charge in [0.15, 0.2) is 0 Å². The molecule has 1 saturated heterocycles. The Morgan fingerprint density at radius 2 is 2.13 bits per heavy atom. The van der Waals surface area contributed by atoms with E-state index in [1.807, 2.05) is 0 Å². The standard InChI is InChI=1S/C14H21N/c1-10-6-7-13-11(9-10)12-5-3-4-8-14(12,2)15-13/h3,5-7,10-13,15H,4,8-9H2,1-2H3. The second-order valence-electron chi connectivity index (χ2n) is 5.84. The maximum absolute atomic E-state index is 3.85. The van der Waals surface area contributed by atoms with Crippen molar-refractivity contribution in [3.63, 3.8) is 0 Å². The Hall–Kier alpha value is -0.560. The predicted octanol–water partition coefficient (Wildman–Crippen LogP) is 2.90. The molecule has 1 aliphatic heterocycles. The molecule has 0 spiro atoms. The van der Waals surface area contributed by atoms with Gasteiger partial charge in [0.25, 0.3) is 0 Å². The summed E-state index contributed by atoms with van der Waals surface area (Å²) in [7, 11) is 0. The lowest BCUT2D eigenvalue weighted by atomic mass is 9.71. The quantitative estimate of drug-likeness (QED) is 0.597. The van der Waals surface area contributed by atoms with Gasteiger partial charge in [0, 0.05) is 11.6 Å². The summed E-state index contributed by atoms with van der Waals surface area (Å²) in [5.74, 6) is 2.38. The summed E-state index contributed by atoms with van der Waals surface area (Å²) in [6.45, 7) is 4.76. The summed E-state index contributed by atoms with van der Waals surface area (Å²) in [5, 5.41) is 3.85. The van der Waals surface area contributed by atoms with Crippen molar-refractivity contribution in [2.24, 2.45) is 17.8 Å². The molecule has 1 heterocycles. The third kappa shape index (κ3) is 1.40. The van der Waals surface area contributed by atoms with Crippen LogP contribution in [0.15, 0.2) is 24.3 Å². The first-order valence-electron chi connectivity index (χ1n) is 6.32. The van der Waals surface area contributed by atoms with Crippen LogP contribution in [0.25, 0.3) is 0 Å². The van der Waals surface area contributed by atoms with Gasteiger partial charge in [-0.2, -0.15) is 0 Å². The molecule has 0 aromatic heterocycles. The minimum Gasteiger partial charge on any atom is -0.304 e. The molecule has 1 nitrogen and oxygen atoms in total. The van der Waals surface area contributed by atoms with Crippen LogP contribution in [0.5, 0.6) is 0 Å². The van der Waals surface area contributed by atoms with Gasteiger partial charge in [-0.1, -0.05) is 31.2 Å². The molecule has 5 unspecified atom stereocenters. The number of allylic oxidation sites excluding steroid dienone is 2. The lowest BCUT2D eigenvalue weighted by Crippen LogP contribution is -2.44. The van der Waals surface area contributed by atoms with Crippen molar-refractivity contribution in [2.75, 3.05) is 0 Å². The lowest BCUT2D eigenvalue weighted by Gasteiger charge is -2.35. The van der Waals surface area contributed by atoms with E-state index in [0.29, 0.717) is 11.6 Å². The van der Waals surface area contributed by atoms with E-state index in [0.717, 1.165) is 17.8 Å². The predicted molar refractivity (Wildman–Crippen MR) is 63.6 cm³/mol. The van der Waals surface area contributed by atoms with Crippen molar-refractivity contribution in [1.82, 2.24) is 5.32 Å². The molecule has 3 rings (SSSR count). The minimum absolute atomic E-state index is 0.373. The second kappa shape index (κ2) is 3.21. The van der Waals surface area contributed by atoms with Crippen LogP contribution in [-0.2, 0) is 0 Å². The molecule has 1 N–H and O–H groups in total. The topological polar surface area (TPSA) is 12.0 Å². The molecular weight excluding hydrogens is 182 g/mol. The lowest BCUT2D eigenvalue weighted by molar-refractivity contribution is 0.271. The van der Waals surface area contributed by atoms with Crippen molar-refractivity contribution in [3.8, 4) is 0 Å². The van der Waals surface area contributed by atoms with Crippen molar-refractivity contribution < 1.29 is 0 Å². The Balaban J connectivity index is 1.93. The molecule has 5 atom stereocenters. The zero-order valence-corrected chi connectivity index (χ0v) is 9.74. The fourth-order valence-electron chi connectivity index (χ4n) is 3.80. The fraction of sp³-hybridized carbons (Fsp3) is 0.714. The summed E-state index contributed by atoms with van der Waals surface area (Å²) in [5.41, 5.74) is 0.373. The first-order chi connectivity index (χ1) is 7.19. The van der Waals surface area contributed by atoms with Crippen LogP contribution in [-0.4, -0.2) is 11.6 Å². The van der Waals surface area contributed by atoms with E-state index in [2.05, 4.69) is 43.5 Å². The van der Waals surface area contributed by atoms with E-state index in [9.17, 15) is 0 Å². The van der Waals surface area contributed by atoms with E-state index in [4.69, 9.17) is 0 Å². The minimum atomic E-state index is 0.373. The SMILES string of the molecule is CC1C=CC2NC3(C)CCC=CC3C2C1. The van der Waals surface area contributed by atoms with E-state index < -0.39 is 0 Å². The Bertz CT molecular complexity index is 317. The van der Waals surface area contributed by atoms with Crippen LogP contribution in [0, 0.1) is 17.8 Å². The summed E-state index contributed by atoms with van der Waals surface area (Å²) < 4.78 is 0. The zero-order valence-electron chi connectivity index (χ0n) is 9.74. The summed E-state index contributed by atoms with van der Waals surface area (Å²) in [6, 6.07) is 0.638. The normalized spacial score (nSPS) is 52.7. The Morgan fingerprint density at radius 3 is 3.00 bits per heavy atom. The van der Waals surface area contributed by atoms with Crippen molar-refractivity contribution >= 4 is 0 Å². The van der Waals surface area contributed by atoms with Crippen LogP contribution >= 0.6 is 0 Å². The number of rotatable bonds is 0. The molecule has 0 aromatic rings. The van der Waals surface area contributed by atoms with E-state index in [-0.39, 0.29) is 0 Å². The molecule has 0 aromatic carbocycles. The molecule has 3 aliphatic rings. The third-order valence-electron chi connectivity index (χ3n) is 4.62. The molecule has 2 aliphatic carbocycles. The maximum Gasteiger partial charge on any atom is 0.0290 e. The van der Waals surface area contributed by atoms with Crippen molar-refractivity contribution in [1.29, 1.82) is 0 Å². The molecule has 0 saturated carbocycles. The zero-order chi connectivity index (χ0) is 10.5. The van der Waals surface area contributed by atoms with Crippen molar-refractivity contribution in [3.05, 3.63) is 24.3 Å². The molecule has 0 radical (unpaired) electrons. The van der Waals surface area contributed by atoms with E-state index >= 15 is 0 Å². The summed E-state index contributed by atoms with van der Waals surface area (Å²) >= 11 is 0. The average Bonchev–Trinajstić information content (AvgIpc) is 2.50. The second-order valence-corrected chi connectivity index (χ2v) is 5.84. The largest absolute Gasteiger partial charge is 0.304 e. The van der Waals surface area contributed by atoms with Crippen LogP contribution in [0.2, 0.25) is 0 Å². The van der Waals surface area contributed by atoms with Gasteiger partial charge >= 0.3 is 0 Å². The van der Waals surface area contributed by atoms with Gasteiger partial charge in [-0.3, -0.25) is 0 Å². The maximum atomic E-state index is 3.85. The van der Waals surface area contributed by atoms with Gasteiger partial charge in [-0.05, 0) is 43.9 Å². The van der Waals surface area contributed by atoms with Gasteiger partial charge in [-0.25, -0.2) is 0 Å². The number of fused-ring (bicyclic) bond motifs is 3. The van der Waals surface area contributed by atoms with Crippen LogP contribution in [0.1, 0.15) is 33.1 Å². The number of hydrogen-bond acceptors (Lipinski definition) is 1. The first-order valence-corrected chi connectivity index (χ1v) is 6.32. The fourth-order valence-corrected chi connectivity index (χ4v) is 3.80. The summed E-state index contributed by atoms with van der Waals surface area (Å²) in [4.78, 5) is 0. The number of hydrogen-bond donors (Lipinski definition) is 1. The average molecular weight is 203 g/mol. The smallest absolute Gasteiger partial charge is 0.0290 e. The molecule has 0 bridgehead atoms. The molecule has 15 heavy (non-hydrogen) atoms. The Kier molecular flexibility index (Phi) is 2.07. The van der Waals surface area contributed by atoms with E-state index in [1.54, 1.807) is 0 Å². The van der Waals surface area contributed by atoms with E-state index in [1.165, 1.54) is 19.3 Å². The molecule has 1 fully saturated rings. The number of nitrogens with one attached hydrogen (secondary N) is 1. The molecule has 82 valence electrons. The molecular formula is C14H21N. The van der Waals surface area contributed by atoms with Gasteiger partial charge in [0.05, 0.1) is 0 Å². The third-order valence-corrected chi connectivity index (χ3v) is 4.62. The Labute approximate surface area is 92.6 Å². The monoisotopic (exact) mass is 203 g/mol. The van der Waals surface area contributed by atoms with Gasteiger partial charge < -0.3 is 5.32 Å². The van der Waals surface area contributed by atoms with Gasteiger partial charge in [0.2, 0.25) is 0 Å². The van der Waals surface area contributed by atoms with Crippen LogP contribution < -0.4 is 5.32 Å². The highest BCUT2D eigenvalue weighted by Crippen LogP contribution is 2.46. The highest BCUT2D eigenvalue weighted by atomic mass is 15.1. The molecule has 0 amide bonds. The highest BCUT2D eigenvalue weighted by molar-refractivity contribution is 5.22. The Morgan fingerprint density at radius 1 is 1.27 bits per heavy atom. The molecule has 1 heteroatoms. The van der Waals surface area contributed by atoms with Crippen LogP contribution in [0.3, 0.4) is 0 Å². The first kappa shape index (κ1) is 9.65. The highest BCUT2D eigenvalue weighted by Gasteiger charge is 2.49. The van der Waals surface area contributed by atoms with Crippen molar-refractivity contribution in [2.45, 2.75) is 44.7 Å².